The highest BCUT2D eigenvalue weighted by molar-refractivity contribution is 5.85. The average Bonchev–Trinajstić information content (AvgIpc) is 2.91. The minimum absolute atomic E-state index is 0.0327. The SMILES string of the molecule is CCCCC1(C(=O)O)N=CN(C2CCN(CC)CC2)C1CC(C)(C)C. The van der Waals surface area contributed by atoms with Gasteiger partial charge in [0.2, 0.25) is 0 Å². The third-order valence-electron chi connectivity index (χ3n) is 5.85. The summed E-state index contributed by atoms with van der Waals surface area (Å²) in [7, 11) is 0. The Morgan fingerprint density at radius 1 is 1.28 bits per heavy atom. The van der Waals surface area contributed by atoms with Crippen LogP contribution in [0.3, 0.4) is 0 Å². The fraction of sp³-hybridized carbons (Fsp3) is 0.900. The minimum Gasteiger partial charge on any atom is -0.479 e. The second-order valence-electron chi connectivity index (χ2n) is 8.97. The molecule has 0 aromatic heterocycles. The predicted molar refractivity (Wildman–Crippen MR) is 103 cm³/mol. The van der Waals surface area contributed by atoms with Gasteiger partial charge >= 0.3 is 5.97 Å². The van der Waals surface area contributed by atoms with Crippen LogP contribution in [0.4, 0.5) is 0 Å². The lowest BCUT2D eigenvalue weighted by Gasteiger charge is -2.44. The average molecular weight is 352 g/mol. The Bertz CT molecular complexity index is 478. The molecule has 0 amide bonds. The maximum absolute atomic E-state index is 12.3. The van der Waals surface area contributed by atoms with Crippen LogP contribution in [0.2, 0.25) is 0 Å². The van der Waals surface area contributed by atoms with E-state index in [0.717, 1.165) is 51.7 Å². The standard InChI is InChI=1S/C20H37N3O2/c1-6-8-11-20(18(24)25)17(14-19(3,4)5)23(15-21-20)16-9-12-22(7-2)13-10-16/h15-17H,6-14H2,1-5H3,(H,24,25). The van der Waals surface area contributed by atoms with Gasteiger partial charge in [-0.25, -0.2) is 4.79 Å². The van der Waals surface area contributed by atoms with Gasteiger partial charge in [0.05, 0.1) is 12.4 Å². The molecule has 5 heteroatoms. The molecular formula is C20H37N3O2. The smallest absolute Gasteiger partial charge is 0.333 e. The third kappa shape index (κ3) is 4.55. The van der Waals surface area contributed by atoms with Crippen LogP contribution in [0.25, 0.3) is 0 Å². The molecule has 2 aliphatic heterocycles. The fourth-order valence-corrected chi connectivity index (χ4v) is 4.30. The van der Waals surface area contributed by atoms with Gasteiger partial charge in [-0.1, -0.05) is 47.5 Å². The van der Waals surface area contributed by atoms with Crippen molar-refractivity contribution in [3.63, 3.8) is 0 Å². The number of likely N-dealkylation sites (tertiary alicyclic amines) is 1. The van der Waals surface area contributed by atoms with Gasteiger partial charge in [-0.2, -0.15) is 0 Å². The number of hydrogen-bond acceptors (Lipinski definition) is 4. The summed E-state index contributed by atoms with van der Waals surface area (Å²) in [6.07, 6.45) is 7.49. The monoisotopic (exact) mass is 351 g/mol. The van der Waals surface area contributed by atoms with E-state index in [4.69, 9.17) is 0 Å². The normalized spacial score (nSPS) is 28.7. The van der Waals surface area contributed by atoms with Gasteiger partial charge in [0.25, 0.3) is 0 Å². The van der Waals surface area contributed by atoms with Crippen LogP contribution in [0.1, 0.15) is 73.1 Å². The van der Waals surface area contributed by atoms with Crippen LogP contribution in [0.15, 0.2) is 4.99 Å². The van der Waals surface area contributed by atoms with E-state index in [1.807, 2.05) is 6.34 Å². The highest BCUT2D eigenvalue weighted by Gasteiger charge is 2.53. The first-order chi connectivity index (χ1) is 11.7. The number of aliphatic imine (C=N–C) groups is 1. The molecule has 1 fully saturated rings. The van der Waals surface area contributed by atoms with E-state index >= 15 is 0 Å². The molecule has 0 aliphatic carbocycles. The molecule has 5 nitrogen and oxygen atoms in total. The Morgan fingerprint density at radius 3 is 2.40 bits per heavy atom. The van der Waals surface area contributed by atoms with E-state index in [1.54, 1.807) is 0 Å². The lowest BCUT2D eigenvalue weighted by atomic mass is 9.76. The van der Waals surface area contributed by atoms with Gasteiger partial charge in [0.15, 0.2) is 5.54 Å². The van der Waals surface area contributed by atoms with E-state index in [1.165, 1.54) is 0 Å². The number of carbonyl (C=O) groups is 1. The van der Waals surface area contributed by atoms with E-state index < -0.39 is 11.5 Å². The van der Waals surface area contributed by atoms with E-state index in [-0.39, 0.29) is 11.5 Å². The Morgan fingerprint density at radius 2 is 1.92 bits per heavy atom. The number of hydrogen-bond donors (Lipinski definition) is 1. The lowest BCUT2D eigenvalue weighted by Crippen LogP contribution is -2.56. The Hall–Kier alpha value is -1.10. The van der Waals surface area contributed by atoms with E-state index in [2.05, 4.69) is 49.4 Å². The molecule has 0 aromatic carbocycles. The number of unbranched alkanes of at least 4 members (excludes halogenated alkanes) is 1. The first-order valence-electron chi connectivity index (χ1n) is 10.0. The molecule has 0 saturated carbocycles. The van der Waals surface area contributed by atoms with E-state index in [0.29, 0.717) is 12.5 Å². The van der Waals surface area contributed by atoms with Gasteiger partial charge in [-0.05, 0) is 37.6 Å². The van der Waals surface area contributed by atoms with Crippen molar-refractivity contribution in [1.82, 2.24) is 9.80 Å². The largest absolute Gasteiger partial charge is 0.479 e. The molecule has 1 saturated heterocycles. The zero-order valence-electron chi connectivity index (χ0n) is 16.8. The highest BCUT2D eigenvalue weighted by atomic mass is 16.4. The van der Waals surface area contributed by atoms with Crippen LogP contribution < -0.4 is 0 Å². The molecular weight excluding hydrogens is 314 g/mol. The molecule has 0 aromatic rings. The van der Waals surface area contributed by atoms with Gasteiger partial charge < -0.3 is 14.9 Å². The number of aliphatic carboxylic acids is 1. The first kappa shape index (κ1) is 20.2. The Balaban J connectivity index is 2.24. The fourth-order valence-electron chi connectivity index (χ4n) is 4.30. The number of piperidine rings is 1. The minimum atomic E-state index is -0.967. The maximum atomic E-state index is 12.3. The summed E-state index contributed by atoms with van der Waals surface area (Å²) < 4.78 is 0. The van der Waals surface area contributed by atoms with Gasteiger partial charge in [-0.15, -0.1) is 0 Å². The van der Waals surface area contributed by atoms with Crippen molar-refractivity contribution >= 4 is 12.3 Å². The molecule has 1 N–H and O–H groups in total. The third-order valence-corrected chi connectivity index (χ3v) is 5.85. The van der Waals surface area contributed by atoms with Gasteiger partial charge in [0.1, 0.15) is 0 Å². The summed E-state index contributed by atoms with van der Waals surface area (Å²) in [5, 5.41) is 10.1. The topological polar surface area (TPSA) is 56.1 Å². The zero-order chi connectivity index (χ0) is 18.7. The van der Waals surface area contributed by atoms with Crippen molar-refractivity contribution in [2.75, 3.05) is 19.6 Å². The van der Waals surface area contributed by atoms with Crippen molar-refractivity contribution < 1.29 is 9.90 Å². The lowest BCUT2D eigenvalue weighted by molar-refractivity contribution is -0.145. The molecule has 0 spiro atoms. The molecule has 2 rings (SSSR count). The van der Waals surface area contributed by atoms with Crippen molar-refractivity contribution in [2.45, 2.75) is 90.8 Å². The molecule has 2 aliphatic rings. The summed E-state index contributed by atoms with van der Waals surface area (Å²) >= 11 is 0. The molecule has 0 bridgehead atoms. The van der Waals surface area contributed by atoms with Crippen LogP contribution in [0.5, 0.6) is 0 Å². The molecule has 2 unspecified atom stereocenters. The van der Waals surface area contributed by atoms with E-state index in [9.17, 15) is 9.90 Å². The molecule has 2 atom stereocenters. The van der Waals surface area contributed by atoms with Crippen LogP contribution >= 0.6 is 0 Å². The quantitative estimate of drug-likeness (QED) is 0.761. The highest BCUT2D eigenvalue weighted by Crippen LogP contribution is 2.40. The summed E-state index contributed by atoms with van der Waals surface area (Å²) in [6.45, 7) is 14.2. The molecule has 2 heterocycles. The second kappa shape index (κ2) is 8.07. The van der Waals surface area contributed by atoms with Crippen LogP contribution in [-0.4, -0.2) is 64.5 Å². The van der Waals surface area contributed by atoms with Crippen molar-refractivity contribution in [3.8, 4) is 0 Å². The van der Waals surface area contributed by atoms with Crippen molar-refractivity contribution in [3.05, 3.63) is 0 Å². The molecule has 144 valence electrons. The number of carboxylic acids is 1. The van der Waals surface area contributed by atoms with Crippen molar-refractivity contribution in [1.29, 1.82) is 0 Å². The molecule has 0 radical (unpaired) electrons. The maximum Gasteiger partial charge on any atom is 0.333 e. The van der Waals surface area contributed by atoms with Crippen molar-refractivity contribution in [2.24, 2.45) is 10.4 Å². The number of rotatable bonds is 7. The second-order valence-corrected chi connectivity index (χ2v) is 8.97. The summed E-state index contributed by atoms with van der Waals surface area (Å²) in [5.74, 6) is -0.750. The molecule has 25 heavy (non-hydrogen) atoms. The van der Waals surface area contributed by atoms with Crippen LogP contribution in [-0.2, 0) is 4.79 Å². The summed E-state index contributed by atoms with van der Waals surface area (Å²) in [6, 6.07) is 0.386. The summed E-state index contributed by atoms with van der Waals surface area (Å²) in [5.41, 5.74) is -0.890. The first-order valence-corrected chi connectivity index (χ1v) is 10.0. The zero-order valence-corrected chi connectivity index (χ0v) is 16.8. The van der Waals surface area contributed by atoms with Gasteiger partial charge in [-0.3, -0.25) is 4.99 Å². The van der Waals surface area contributed by atoms with Crippen LogP contribution in [0, 0.1) is 5.41 Å². The number of nitrogens with zero attached hydrogens (tertiary/aromatic N) is 3. The Kier molecular flexibility index (Phi) is 6.52. The van der Waals surface area contributed by atoms with Gasteiger partial charge in [0, 0.05) is 19.1 Å². The number of carboxylic acid groups (broad SMARTS) is 1. The Labute approximate surface area is 153 Å². The summed E-state index contributed by atoms with van der Waals surface area (Å²) in [4.78, 5) is 21.8. The predicted octanol–water partition coefficient (Wildman–Crippen LogP) is 3.63.